The van der Waals surface area contributed by atoms with Gasteiger partial charge in [-0.05, 0) is 37.0 Å². The second kappa shape index (κ2) is 8.77. The molecule has 1 aromatic carbocycles. The van der Waals surface area contributed by atoms with Crippen LogP contribution in [0.1, 0.15) is 38.2 Å². The van der Waals surface area contributed by atoms with Crippen LogP contribution in [0.2, 0.25) is 0 Å². The van der Waals surface area contributed by atoms with Crippen molar-refractivity contribution in [1.29, 1.82) is 0 Å². The number of carbonyl (C=O) groups is 1. The van der Waals surface area contributed by atoms with Gasteiger partial charge in [-0.3, -0.25) is 4.79 Å². The lowest BCUT2D eigenvalue weighted by Crippen LogP contribution is -2.29. The monoisotopic (exact) mass is 409 g/mol. The quantitative estimate of drug-likeness (QED) is 0.680. The Hall–Kier alpha value is -2.04. The molecule has 2 heterocycles. The minimum atomic E-state index is -3.78. The summed E-state index contributed by atoms with van der Waals surface area (Å²) in [6.45, 7) is 4.00. The summed E-state index contributed by atoms with van der Waals surface area (Å²) in [6, 6.07) is 7.91. The molecule has 3 rings (SSSR count). The Bertz CT molecular complexity index is 874. The maximum atomic E-state index is 12.4. The van der Waals surface area contributed by atoms with Crippen LogP contribution in [0.3, 0.4) is 0 Å². The Morgan fingerprint density at radius 1 is 1.15 bits per heavy atom. The van der Waals surface area contributed by atoms with Crippen LogP contribution in [0.15, 0.2) is 28.6 Å². The molecule has 1 aliphatic rings. The van der Waals surface area contributed by atoms with Crippen molar-refractivity contribution in [3.8, 4) is 0 Å². The number of hydrogen-bond acceptors (Lipinski definition) is 7. The van der Waals surface area contributed by atoms with Gasteiger partial charge in [0.1, 0.15) is 0 Å². The number of piperidine rings is 1. The SMILES string of the molecule is CCC(=O)Nc1nnc(S(=O)(=O)NCc2ccc(N3CCCCC3)cc2)s1. The van der Waals surface area contributed by atoms with Crippen LogP contribution >= 0.6 is 11.3 Å². The molecular weight excluding hydrogens is 386 g/mol. The number of benzene rings is 1. The molecule has 8 nitrogen and oxygen atoms in total. The zero-order valence-corrected chi connectivity index (χ0v) is 16.8. The third-order valence-corrected chi connectivity index (χ3v) is 6.94. The number of carbonyl (C=O) groups excluding carboxylic acids is 1. The summed E-state index contributed by atoms with van der Waals surface area (Å²) in [5.74, 6) is -0.239. The highest BCUT2D eigenvalue weighted by Crippen LogP contribution is 2.22. The van der Waals surface area contributed by atoms with E-state index < -0.39 is 10.0 Å². The maximum Gasteiger partial charge on any atom is 0.270 e. The molecule has 1 fully saturated rings. The van der Waals surface area contributed by atoms with Crippen molar-refractivity contribution in [2.75, 3.05) is 23.3 Å². The smallest absolute Gasteiger partial charge is 0.270 e. The Morgan fingerprint density at radius 2 is 1.85 bits per heavy atom. The van der Waals surface area contributed by atoms with Crippen LogP contribution in [0.25, 0.3) is 0 Å². The predicted octanol–water partition coefficient (Wildman–Crippen LogP) is 2.36. The molecule has 0 aliphatic carbocycles. The fraction of sp³-hybridized carbons (Fsp3) is 0.471. The average molecular weight is 410 g/mol. The van der Waals surface area contributed by atoms with Gasteiger partial charge in [-0.2, -0.15) is 0 Å². The molecule has 0 bridgehead atoms. The van der Waals surface area contributed by atoms with Crippen molar-refractivity contribution in [2.45, 2.75) is 43.5 Å². The van der Waals surface area contributed by atoms with E-state index in [9.17, 15) is 13.2 Å². The third-order valence-electron chi connectivity index (χ3n) is 4.33. The van der Waals surface area contributed by atoms with E-state index in [1.54, 1.807) is 6.92 Å². The van der Waals surface area contributed by atoms with Crippen molar-refractivity contribution in [2.24, 2.45) is 0 Å². The highest BCUT2D eigenvalue weighted by molar-refractivity contribution is 7.91. The van der Waals surface area contributed by atoms with Crippen LogP contribution in [0.5, 0.6) is 0 Å². The molecule has 146 valence electrons. The summed E-state index contributed by atoms with van der Waals surface area (Å²) < 4.78 is 27.1. The highest BCUT2D eigenvalue weighted by atomic mass is 32.2. The Kier molecular flexibility index (Phi) is 6.40. The molecule has 1 aliphatic heterocycles. The number of nitrogens with zero attached hydrogens (tertiary/aromatic N) is 3. The van der Waals surface area contributed by atoms with E-state index in [2.05, 4.69) is 25.1 Å². The normalized spacial score (nSPS) is 14.9. The molecule has 10 heteroatoms. The first kappa shape index (κ1) is 19.7. The number of anilines is 2. The summed E-state index contributed by atoms with van der Waals surface area (Å²) in [7, 11) is -3.78. The van der Waals surface area contributed by atoms with Gasteiger partial charge in [-0.1, -0.05) is 30.4 Å². The molecular formula is C17H23N5O3S2. The van der Waals surface area contributed by atoms with Gasteiger partial charge in [0, 0.05) is 31.7 Å². The van der Waals surface area contributed by atoms with E-state index in [1.807, 2.05) is 24.3 Å². The van der Waals surface area contributed by atoms with Crippen molar-refractivity contribution in [3.63, 3.8) is 0 Å². The topological polar surface area (TPSA) is 104 Å². The van der Waals surface area contributed by atoms with Gasteiger partial charge in [0.05, 0.1) is 0 Å². The zero-order valence-electron chi connectivity index (χ0n) is 15.1. The summed E-state index contributed by atoms with van der Waals surface area (Å²) in [4.78, 5) is 13.7. The van der Waals surface area contributed by atoms with Crippen molar-refractivity contribution in [3.05, 3.63) is 29.8 Å². The molecule has 1 saturated heterocycles. The molecule has 1 amide bonds. The van der Waals surface area contributed by atoms with E-state index in [1.165, 1.54) is 24.9 Å². The third kappa shape index (κ3) is 5.24. The van der Waals surface area contributed by atoms with Crippen LogP contribution in [0, 0.1) is 0 Å². The van der Waals surface area contributed by atoms with E-state index in [0.29, 0.717) is 0 Å². The van der Waals surface area contributed by atoms with E-state index >= 15 is 0 Å². The number of amides is 1. The minimum Gasteiger partial charge on any atom is -0.372 e. The van der Waals surface area contributed by atoms with Crippen molar-refractivity contribution in [1.82, 2.24) is 14.9 Å². The molecule has 0 spiro atoms. The van der Waals surface area contributed by atoms with Crippen LogP contribution in [0.4, 0.5) is 10.8 Å². The van der Waals surface area contributed by atoms with Gasteiger partial charge >= 0.3 is 0 Å². The summed E-state index contributed by atoms with van der Waals surface area (Å²) in [5, 5.41) is 10.0. The van der Waals surface area contributed by atoms with Crippen molar-refractivity contribution < 1.29 is 13.2 Å². The maximum absolute atomic E-state index is 12.4. The molecule has 0 unspecified atom stereocenters. The number of nitrogens with one attached hydrogen (secondary N) is 2. The van der Waals surface area contributed by atoms with Gasteiger partial charge < -0.3 is 10.2 Å². The van der Waals surface area contributed by atoms with Crippen LogP contribution in [-0.2, 0) is 21.4 Å². The minimum absolute atomic E-state index is 0.166. The first-order chi connectivity index (χ1) is 13.0. The van der Waals surface area contributed by atoms with E-state index in [0.717, 1.165) is 30.0 Å². The second-order valence-electron chi connectivity index (χ2n) is 6.31. The summed E-state index contributed by atoms with van der Waals surface area (Å²) in [5.41, 5.74) is 2.03. The summed E-state index contributed by atoms with van der Waals surface area (Å²) in [6.07, 6.45) is 3.99. The molecule has 2 aromatic rings. The van der Waals surface area contributed by atoms with E-state index in [4.69, 9.17) is 0 Å². The Balaban J connectivity index is 1.59. The molecule has 0 saturated carbocycles. The Labute approximate surface area is 163 Å². The number of aromatic nitrogens is 2. The molecule has 2 N–H and O–H groups in total. The lowest BCUT2D eigenvalue weighted by molar-refractivity contribution is -0.115. The first-order valence-electron chi connectivity index (χ1n) is 8.95. The van der Waals surface area contributed by atoms with Gasteiger partial charge in [-0.15, -0.1) is 10.2 Å². The Morgan fingerprint density at radius 3 is 2.52 bits per heavy atom. The van der Waals surface area contributed by atoms with Crippen molar-refractivity contribution >= 4 is 38.1 Å². The summed E-state index contributed by atoms with van der Waals surface area (Å²) >= 11 is 0.829. The lowest BCUT2D eigenvalue weighted by Gasteiger charge is -2.28. The van der Waals surface area contributed by atoms with Gasteiger partial charge in [0.15, 0.2) is 0 Å². The number of rotatable bonds is 7. The lowest BCUT2D eigenvalue weighted by atomic mass is 10.1. The number of hydrogen-bond donors (Lipinski definition) is 2. The standard InChI is InChI=1S/C17H23N5O3S2/c1-2-15(23)19-16-20-21-17(26-16)27(24,25)18-12-13-6-8-14(9-7-13)22-10-4-3-5-11-22/h6-9,18H,2-5,10-12H2,1H3,(H,19,20,23). The van der Waals surface area contributed by atoms with Crippen LogP contribution in [-0.4, -0.2) is 37.6 Å². The molecule has 0 atom stereocenters. The fourth-order valence-corrected chi connectivity index (χ4v) is 4.77. The molecule has 0 radical (unpaired) electrons. The largest absolute Gasteiger partial charge is 0.372 e. The van der Waals surface area contributed by atoms with Crippen LogP contribution < -0.4 is 14.9 Å². The van der Waals surface area contributed by atoms with Gasteiger partial charge in [0.2, 0.25) is 15.4 Å². The fourth-order valence-electron chi connectivity index (χ4n) is 2.79. The second-order valence-corrected chi connectivity index (χ2v) is 9.23. The van der Waals surface area contributed by atoms with Gasteiger partial charge in [0.25, 0.3) is 10.0 Å². The number of sulfonamides is 1. The zero-order chi connectivity index (χ0) is 19.3. The highest BCUT2D eigenvalue weighted by Gasteiger charge is 2.20. The first-order valence-corrected chi connectivity index (χ1v) is 11.2. The van der Waals surface area contributed by atoms with E-state index in [-0.39, 0.29) is 28.3 Å². The van der Waals surface area contributed by atoms with Gasteiger partial charge in [-0.25, -0.2) is 13.1 Å². The molecule has 1 aromatic heterocycles. The molecule has 27 heavy (non-hydrogen) atoms. The average Bonchev–Trinajstić information content (AvgIpc) is 3.17. The predicted molar refractivity (Wildman–Crippen MR) is 105 cm³/mol.